The van der Waals surface area contributed by atoms with Gasteiger partial charge in [0.15, 0.2) is 0 Å². The van der Waals surface area contributed by atoms with E-state index in [4.69, 9.17) is 4.74 Å². The summed E-state index contributed by atoms with van der Waals surface area (Å²) in [6.45, 7) is -1.15. The Balaban J connectivity index is 1.60. The van der Waals surface area contributed by atoms with Crippen LogP contribution in [0.3, 0.4) is 0 Å². The fourth-order valence-corrected chi connectivity index (χ4v) is 4.42. The average Bonchev–Trinajstić information content (AvgIpc) is 2.87. The molecule has 9 nitrogen and oxygen atoms in total. The second kappa shape index (κ2) is 11.1. The van der Waals surface area contributed by atoms with E-state index in [-0.39, 0.29) is 30.6 Å². The number of nitrogens with one attached hydrogen (secondary N) is 1. The van der Waals surface area contributed by atoms with Crippen LogP contribution in [0, 0.1) is 11.6 Å². The number of halogens is 5. The Morgan fingerprint density at radius 3 is 2.49 bits per heavy atom. The molecular formula is C24H21BF5N3O6. The highest BCUT2D eigenvalue weighted by Gasteiger charge is 2.46. The molecule has 3 aromatic rings. The number of anilines is 1. The zero-order valence-electron chi connectivity index (χ0n) is 20.0. The molecule has 1 fully saturated rings. The lowest BCUT2D eigenvalue weighted by Gasteiger charge is -2.38. The van der Waals surface area contributed by atoms with Crippen molar-refractivity contribution in [2.75, 3.05) is 24.7 Å². The maximum atomic E-state index is 14.9. The molecule has 206 valence electrons. The van der Waals surface area contributed by atoms with Gasteiger partial charge in [0.2, 0.25) is 0 Å². The predicted octanol–water partition coefficient (Wildman–Crippen LogP) is 1.39. The van der Waals surface area contributed by atoms with Gasteiger partial charge in [-0.3, -0.25) is 9.78 Å². The van der Waals surface area contributed by atoms with Crippen LogP contribution in [0.4, 0.5) is 27.6 Å². The van der Waals surface area contributed by atoms with Crippen molar-refractivity contribution in [3.8, 4) is 0 Å². The number of morpholine rings is 1. The van der Waals surface area contributed by atoms with E-state index in [2.05, 4.69) is 4.98 Å². The topological polar surface area (TPSA) is 132 Å². The lowest BCUT2D eigenvalue weighted by atomic mass is 9.77. The van der Waals surface area contributed by atoms with E-state index in [1.807, 2.05) is 5.32 Å². The third kappa shape index (κ3) is 5.94. The number of fused-ring (bicyclic) bond motifs is 1. The Labute approximate surface area is 218 Å². The zero-order valence-corrected chi connectivity index (χ0v) is 20.0. The van der Waals surface area contributed by atoms with Gasteiger partial charge in [-0.05, 0) is 23.8 Å². The summed E-state index contributed by atoms with van der Waals surface area (Å²) < 4.78 is 74.8. The molecule has 4 rings (SSSR count). The molecular weight excluding hydrogens is 532 g/mol. The normalized spacial score (nSPS) is 16.7. The summed E-state index contributed by atoms with van der Waals surface area (Å²) >= 11 is 0. The minimum absolute atomic E-state index is 0.0579. The number of hydrogen-bond donors (Lipinski definition) is 4. The van der Waals surface area contributed by atoms with Crippen LogP contribution in [0.15, 0.2) is 42.6 Å². The summed E-state index contributed by atoms with van der Waals surface area (Å²) in [7, 11) is -1.86. The molecule has 0 spiro atoms. The molecule has 2 aromatic carbocycles. The first kappa shape index (κ1) is 28.2. The summed E-state index contributed by atoms with van der Waals surface area (Å²) in [5.74, 6) is -5.92. The van der Waals surface area contributed by atoms with Gasteiger partial charge in [0.25, 0.3) is 5.91 Å². The molecule has 1 amide bonds. The molecule has 15 heteroatoms. The maximum Gasteiger partial charge on any atom is 0.490 e. The van der Waals surface area contributed by atoms with Gasteiger partial charge in [0, 0.05) is 35.7 Å². The Kier molecular flexibility index (Phi) is 8.04. The minimum atomic E-state index is -4.74. The molecule has 1 aromatic heterocycles. The third-order valence-electron chi connectivity index (χ3n) is 6.29. The summed E-state index contributed by atoms with van der Waals surface area (Å²) in [5, 5.41) is 31.2. The number of alkyl halides is 3. The molecule has 39 heavy (non-hydrogen) atoms. The van der Waals surface area contributed by atoms with Gasteiger partial charge in [-0.15, -0.1) is 0 Å². The molecule has 1 aliphatic heterocycles. The van der Waals surface area contributed by atoms with Crippen molar-refractivity contribution in [1.82, 2.24) is 10.3 Å². The number of hydrogen-bond acceptors (Lipinski definition) is 7. The Hall–Kier alpha value is -3.82. The first-order valence-electron chi connectivity index (χ1n) is 11.5. The molecule has 2 heterocycles. The van der Waals surface area contributed by atoms with E-state index < -0.39 is 66.7 Å². The van der Waals surface area contributed by atoms with Crippen LogP contribution in [0.5, 0.6) is 0 Å². The molecule has 0 bridgehead atoms. The lowest BCUT2D eigenvalue weighted by Crippen LogP contribution is -2.53. The van der Waals surface area contributed by atoms with Crippen molar-refractivity contribution in [2.24, 2.45) is 0 Å². The highest BCUT2D eigenvalue weighted by atomic mass is 19.4. The number of carboxylic acids is 1. The number of ether oxygens (including phenoxy) is 1. The van der Waals surface area contributed by atoms with E-state index in [1.165, 1.54) is 24.4 Å². The highest BCUT2D eigenvalue weighted by molar-refractivity contribution is 6.61. The van der Waals surface area contributed by atoms with Gasteiger partial charge in [-0.2, -0.15) is 13.2 Å². The van der Waals surface area contributed by atoms with E-state index in [1.54, 1.807) is 6.07 Å². The van der Waals surface area contributed by atoms with Crippen LogP contribution in [0.2, 0.25) is 0 Å². The summed E-state index contributed by atoms with van der Waals surface area (Å²) in [4.78, 5) is 29.5. The fraction of sp³-hybridized carbons (Fsp3) is 0.292. The van der Waals surface area contributed by atoms with E-state index in [0.717, 1.165) is 4.90 Å². The molecule has 2 atom stereocenters. The smallest absolute Gasteiger partial charge is 0.480 e. The van der Waals surface area contributed by atoms with Crippen LogP contribution in [0.1, 0.15) is 15.9 Å². The number of amides is 1. The number of benzene rings is 2. The van der Waals surface area contributed by atoms with Crippen molar-refractivity contribution in [2.45, 2.75) is 24.7 Å². The first-order valence-corrected chi connectivity index (χ1v) is 11.5. The zero-order chi connectivity index (χ0) is 28.5. The molecule has 4 N–H and O–H groups in total. The van der Waals surface area contributed by atoms with Crippen molar-refractivity contribution in [3.63, 3.8) is 0 Å². The van der Waals surface area contributed by atoms with Crippen molar-refractivity contribution in [1.29, 1.82) is 0 Å². The number of aromatic nitrogens is 1. The minimum Gasteiger partial charge on any atom is -0.480 e. The van der Waals surface area contributed by atoms with Crippen LogP contribution < -0.4 is 15.7 Å². The lowest BCUT2D eigenvalue weighted by molar-refractivity contribution is -0.167. The fourth-order valence-electron chi connectivity index (χ4n) is 4.42. The van der Waals surface area contributed by atoms with E-state index in [0.29, 0.717) is 23.1 Å². The largest absolute Gasteiger partial charge is 0.490 e. The van der Waals surface area contributed by atoms with Gasteiger partial charge in [-0.1, -0.05) is 18.2 Å². The Bertz CT molecular complexity index is 1380. The first-order chi connectivity index (χ1) is 18.4. The van der Waals surface area contributed by atoms with Gasteiger partial charge in [-0.25, -0.2) is 13.6 Å². The SMILES string of the molecule is O=C(N[C@@H](Cc1ccc(B(O)O)c2ncccc12)C(=O)O)c1c(F)cc(N2CCOC[C@@H]2C(F)(F)F)cc1F. The number of carbonyl (C=O) groups excluding carboxylic acids is 1. The molecule has 0 saturated carbocycles. The number of nitrogens with zero attached hydrogens (tertiary/aromatic N) is 2. The molecule has 1 saturated heterocycles. The number of carbonyl (C=O) groups is 2. The van der Waals surface area contributed by atoms with Crippen LogP contribution >= 0.6 is 0 Å². The third-order valence-corrected chi connectivity index (χ3v) is 6.29. The number of pyridine rings is 1. The molecule has 0 unspecified atom stereocenters. The standard InChI is InChI=1S/C24H21BF5N3O6/c26-16-9-13(33-6-7-39-11-19(33)24(28,29)30)10-17(27)20(16)22(34)32-18(23(35)36)8-12-3-4-15(25(37)38)21-14(12)2-1-5-31-21/h1-5,9-10,18-19,37-38H,6-8,11H2,(H,32,34)(H,35,36)/t18-,19+/m0/s1. The Morgan fingerprint density at radius 2 is 1.87 bits per heavy atom. The number of rotatable bonds is 7. The molecule has 0 radical (unpaired) electrons. The molecule has 0 aliphatic carbocycles. The van der Waals surface area contributed by atoms with Crippen molar-refractivity contribution in [3.05, 3.63) is 65.4 Å². The summed E-state index contributed by atoms with van der Waals surface area (Å²) in [6.07, 6.45) is -3.73. The second-order valence-electron chi connectivity index (χ2n) is 8.77. The Morgan fingerprint density at radius 1 is 1.18 bits per heavy atom. The van der Waals surface area contributed by atoms with Gasteiger partial charge in [0.1, 0.15) is 29.3 Å². The van der Waals surface area contributed by atoms with Gasteiger partial charge < -0.3 is 30.1 Å². The number of aliphatic carboxylic acids is 1. The number of carboxylic acid groups (broad SMARTS) is 1. The van der Waals surface area contributed by atoms with Gasteiger partial charge in [0.05, 0.1) is 18.7 Å². The van der Waals surface area contributed by atoms with E-state index >= 15 is 0 Å². The predicted molar refractivity (Wildman–Crippen MR) is 129 cm³/mol. The van der Waals surface area contributed by atoms with Crippen molar-refractivity contribution < 1.29 is 51.4 Å². The maximum absolute atomic E-state index is 14.9. The van der Waals surface area contributed by atoms with Crippen LogP contribution in [-0.4, -0.2) is 77.2 Å². The summed E-state index contributed by atoms with van der Waals surface area (Å²) in [5.41, 5.74) is -1.05. The van der Waals surface area contributed by atoms with Crippen molar-refractivity contribution >= 4 is 41.0 Å². The summed E-state index contributed by atoms with van der Waals surface area (Å²) in [6, 6.07) is 3.11. The van der Waals surface area contributed by atoms with E-state index in [9.17, 15) is 46.7 Å². The highest BCUT2D eigenvalue weighted by Crippen LogP contribution is 2.32. The van der Waals surface area contributed by atoms with Crippen LogP contribution in [-0.2, 0) is 16.0 Å². The van der Waals surface area contributed by atoms with Crippen LogP contribution in [0.25, 0.3) is 10.9 Å². The second-order valence-corrected chi connectivity index (χ2v) is 8.77. The molecule has 1 aliphatic rings. The average molecular weight is 553 g/mol. The quantitative estimate of drug-likeness (QED) is 0.255. The van der Waals surface area contributed by atoms with Gasteiger partial charge >= 0.3 is 19.3 Å². The monoisotopic (exact) mass is 553 g/mol.